The summed E-state index contributed by atoms with van der Waals surface area (Å²) in [6.45, 7) is 4.04. The van der Waals surface area contributed by atoms with Crippen LogP contribution in [0.4, 0.5) is 29.6 Å². The molecule has 0 radical (unpaired) electrons. The third kappa shape index (κ3) is 6.26. The van der Waals surface area contributed by atoms with E-state index >= 15 is 0 Å². The second-order valence-corrected chi connectivity index (χ2v) is 11.3. The number of hydrogen-bond acceptors (Lipinski definition) is 6. The van der Waals surface area contributed by atoms with E-state index in [0.29, 0.717) is 74.8 Å². The minimum atomic E-state index is -4.43. The van der Waals surface area contributed by atoms with Crippen molar-refractivity contribution in [2.24, 2.45) is 0 Å². The van der Waals surface area contributed by atoms with Gasteiger partial charge in [0.1, 0.15) is 5.65 Å². The largest absolute Gasteiger partial charge is 0.416 e. The average molecular weight is 607 g/mol. The van der Waals surface area contributed by atoms with Gasteiger partial charge in [-0.05, 0) is 74.1 Å². The number of benzene rings is 2. The van der Waals surface area contributed by atoms with E-state index in [1.54, 1.807) is 15.7 Å². The van der Waals surface area contributed by atoms with Crippen LogP contribution in [0, 0.1) is 6.92 Å². The highest BCUT2D eigenvalue weighted by Crippen LogP contribution is 2.31. The summed E-state index contributed by atoms with van der Waals surface area (Å²) >= 11 is 0. The van der Waals surface area contributed by atoms with Gasteiger partial charge in [-0.1, -0.05) is 24.3 Å². The molecule has 0 atom stereocenters. The second-order valence-electron chi connectivity index (χ2n) is 11.3. The van der Waals surface area contributed by atoms with E-state index in [0.717, 1.165) is 28.6 Å². The number of fused-ring (bicyclic) bond motifs is 1. The van der Waals surface area contributed by atoms with Crippen molar-refractivity contribution in [1.29, 1.82) is 0 Å². The van der Waals surface area contributed by atoms with Gasteiger partial charge in [-0.3, -0.25) is 9.36 Å². The van der Waals surface area contributed by atoms with Crippen molar-refractivity contribution in [2.45, 2.75) is 50.9 Å². The van der Waals surface area contributed by atoms with Crippen LogP contribution in [0.1, 0.15) is 42.9 Å². The fraction of sp³-hybridized carbons (Fsp3) is 0.375. The van der Waals surface area contributed by atoms with Crippen LogP contribution in [0.5, 0.6) is 0 Å². The molecule has 4 aromatic rings. The van der Waals surface area contributed by atoms with Crippen molar-refractivity contribution in [3.8, 4) is 11.1 Å². The summed E-state index contributed by atoms with van der Waals surface area (Å²) in [6, 6.07) is 13.7. The van der Waals surface area contributed by atoms with Crippen LogP contribution in [0.25, 0.3) is 22.2 Å². The summed E-state index contributed by atoms with van der Waals surface area (Å²) in [6.07, 6.45) is -0.00721. The summed E-state index contributed by atoms with van der Waals surface area (Å²) < 4.78 is 45.9. The predicted octanol–water partition coefficient (Wildman–Crippen LogP) is 6.25. The summed E-state index contributed by atoms with van der Waals surface area (Å²) in [7, 11) is 0. The molecular weight excluding hydrogens is 573 g/mol. The van der Waals surface area contributed by atoms with Gasteiger partial charge in [-0.2, -0.15) is 18.2 Å². The zero-order chi connectivity index (χ0) is 30.8. The number of anilines is 2. The van der Waals surface area contributed by atoms with Crippen LogP contribution in [0.2, 0.25) is 0 Å². The van der Waals surface area contributed by atoms with Gasteiger partial charge in [0.15, 0.2) is 0 Å². The van der Waals surface area contributed by atoms with Crippen LogP contribution >= 0.6 is 0 Å². The van der Waals surface area contributed by atoms with Crippen LogP contribution < -0.4 is 16.2 Å². The molecule has 2 amide bonds. The van der Waals surface area contributed by atoms with Gasteiger partial charge in [-0.25, -0.2) is 9.78 Å². The monoisotopic (exact) mass is 606 g/mol. The van der Waals surface area contributed by atoms with Crippen LogP contribution in [-0.4, -0.2) is 57.8 Å². The zero-order valence-electron chi connectivity index (χ0n) is 24.2. The number of carbonyl (C=O) groups excluding carboxylic acids is 1. The van der Waals surface area contributed by atoms with E-state index < -0.39 is 11.7 Å². The highest BCUT2D eigenvalue weighted by atomic mass is 19.4. The van der Waals surface area contributed by atoms with E-state index in [9.17, 15) is 22.8 Å². The number of rotatable bonds is 5. The lowest BCUT2D eigenvalue weighted by atomic mass is 10.00. The lowest BCUT2D eigenvalue weighted by Crippen LogP contribution is -2.44. The Bertz CT molecular complexity index is 1710. The number of carbonyl (C=O) groups is 1. The number of amides is 2. The predicted molar refractivity (Wildman–Crippen MR) is 162 cm³/mol. The smallest absolute Gasteiger partial charge is 0.381 e. The summed E-state index contributed by atoms with van der Waals surface area (Å²) in [5.74, 6) is 0.411. The van der Waals surface area contributed by atoms with Crippen molar-refractivity contribution in [2.75, 3.05) is 36.9 Å². The molecule has 230 valence electrons. The zero-order valence-corrected chi connectivity index (χ0v) is 24.2. The maximum absolute atomic E-state index is 14.0. The standard InChI is InChI=1S/C32H33F3N6O3/c1-20-4-2-3-5-26(20)27-18-21-19-36-30(39-28(21)41(29(27)42)25-12-16-44-17-13-25)37-24-10-14-40(15-11-24)31(43)38-23-8-6-22(7-9-23)32(33,34)35/h2-9,18-19,24-25H,10-17H2,1H3,(H,38,43)(H,36,37,39). The van der Waals surface area contributed by atoms with Gasteiger partial charge in [-0.15, -0.1) is 0 Å². The number of nitrogens with one attached hydrogen (secondary N) is 2. The Morgan fingerprint density at radius 3 is 2.36 bits per heavy atom. The molecule has 0 unspecified atom stereocenters. The summed E-state index contributed by atoms with van der Waals surface area (Å²) in [5, 5.41) is 6.82. The molecule has 12 heteroatoms. The molecule has 2 aromatic heterocycles. The molecule has 4 heterocycles. The molecule has 2 N–H and O–H groups in total. The summed E-state index contributed by atoms with van der Waals surface area (Å²) in [5.41, 5.74) is 2.54. The molecule has 0 bridgehead atoms. The lowest BCUT2D eigenvalue weighted by molar-refractivity contribution is -0.137. The highest BCUT2D eigenvalue weighted by molar-refractivity contribution is 5.89. The van der Waals surface area contributed by atoms with Crippen molar-refractivity contribution >= 4 is 28.7 Å². The minimum absolute atomic E-state index is 0.00272. The number of ether oxygens (including phenoxy) is 1. The third-order valence-electron chi connectivity index (χ3n) is 8.34. The Balaban J connectivity index is 1.17. The van der Waals surface area contributed by atoms with E-state index in [1.807, 2.05) is 37.3 Å². The van der Waals surface area contributed by atoms with E-state index in [2.05, 4.69) is 15.6 Å². The van der Waals surface area contributed by atoms with E-state index in [-0.39, 0.29) is 23.7 Å². The van der Waals surface area contributed by atoms with Gasteiger partial charge in [0.2, 0.25) is 5.95 Å². The van der Waals surface area contributed by atoms with Crippen molar-refractivity contribution < 1.29 is 22.7 Å². The fourth-order valence-electron chi connectivity index (χ4n) is 5.89. The normalized spacial score (nSPS) is 16.7. The van der Waals surface area contributed by atoms with Gasteiger partial charge in [0, 0.05) is 61.2 Å². The lowest BCUT2D eigenvalue weighted by Gasteiger charge is -2.32. The number of halogens is 3. The fourth-order valence-corrected chi connectivity index (χ4v) is 5.89. The van der Waals surface area contributed by atoms with Crippen LogP contribution in [-0.2, 0) is 10.9 Å². The Morgan fingerprint density at radius 2 is 1.68 bits per heavy atom. The Labute approximate surface area is 252 Å². The first-order chi connectivity index (χ1) is 21.2. The SMILES string of the molecule is Cc1ccccc1-c1cc2cnc(NC3CCN(C(=O)Nc4ccc(C(F)(F)F)cc4)CC3)nc2n(C2CCOCC2)c1=O. The molecule has 0 spiro atoms. The second kappa shape index (κ2) is 12.3. The van der Waals surface area contributed by atoms with Crippen molar-refractivity contribution in [3.63, 3.8) is 0 Å². The number of piperidine rings is 1. The molecule has 2 aliphatic heterocycles. The molecule has 2 fully saturated rings. The first-order valence-electron chi connectivity index (χ1n) is 14.7. The van der Waals surface area contributed by atoms with Crippen LogP contribution in [0.3, 0.4) is 0 Å². The van der Waals surface area contributed by atoms with Gasteiger partial charge in [0.25, 0.3) is 5.56 Å². The molecule has 2 aliphatic rings. The highest BCUT2D eigenvalue weighted by Gasteiger charge is 2.30. The molecule has 2 saturated heterocycles. The number of likely N-dealkylation sites (tertiary alicyclic amines) is 1. The van der Waals surface area contributed by atoms with E-state index in [4.69, 9.17) is 9.72 Å². The minimum Gasteiger partial charge on any atom is -0.381 e. The van der Waals surface area contributed by atoms with Gasteiger partial charge >= 0.3 is 12.2 Å². The molecule has 6 rings (SSSR count). The van der Waals surface area contributed by atoms with Gasteiger partial charge in [0.05, 0.1) is 5.56 Å². The first kappa shape index (κ1) is 29.6. The molecule has 44 heavy (non-hydrogen) atoms. The molecule has 0 saturated carbocycles. The van der Waals surface area contributed by atoms with Crippen LogP contribution in [0.15, 0.2) is 65.6 Å². The third-order valence-corrected chi connectivity index (χ3v) is 8.34. The Morgan fingerprint density at radius 1 is 0.977 bits per heavy atom. The first-order valence-corrected chi connectivity index (χ1v) is 14.7. The Kier molecular flexibility index (Phi) is 8.26. The number of aromatic nitrogens is 3. The Hall–Kier alpha value is -4.45. The van der Waals surface area contributed by atoms with Gasteiger partial charge < -0.3 is 20.3 Å². The number of hydrogen-bond donors (Lipinski definition) is 2. The number of urea groups is 1. The maximum atomic E-state index is 14.0. The summed E-state index contributed by atoms with van der Waals surface area (Å²) in [4.78, 5) is 37.7. The maximum Gasteiger partial charge on any atom is 0.416 e. The number of aryl methyl sites for hydroxylation is 1. The molecule has 2 aromatic carbocycles. The number of nitrogens with zero attached hydrogens (tertiary/aromatic N) is 4. The quantitative estimate of drug-likeness (QED) is 0.279. The topological polar surface area (TPSA) is 101 Å². The number of pyridine rings is 1. The molecule has 9 nitrogen and oxygen atoms in total. The van der Waals surface area contributed by atoms with E-state index in [1.165, 1.54) is 12.1 Å². The molecule has 0 aliphatic carbocycles. The molecular formula is C32H33F3N6O3. The number of alkyl halides is 3. The van der Waals surface area contributed by atoms with Crippen molar-refractivity contribution in [1.82, 2.24) is 19.4 Å². The van der Waals surface area contributed by atoms with Crippen molar-refractivity contribution in [3.05, 3.63) is 82.3 Å². The average Bonchev–Trinajstić information content (AvgIpc) is 3.02.